The molecule has 3 aromatic rings. The molecule has 0 aliphatic heterocycles. The van der Waals surface area contributed by atoms with Crippen LogP contribution in [0.25, 0.3) is 16.0 Å². The van der Waals surface area contributed by atoms with E-state index in [0.717, 1.165) is 11.1 Å². The van der Waals surface area contributed by atoms with Crippen LogP contribution in [0, 0.1) is 6.57 Å². The second kappa shape index (κ2) is 8.77. The predicted molar refractivity (Wildman–Crippen MR) is 112 cm³/mol. The molecule has 0 saturated heterocycles. The quantitative estimate of drug-likeness (QED) is 0.362. The minimum atomic E-state index is -0.458. The number of hydrogen-bond donors (Lipinski definition) is 0. The summed E-state index contributed by atoms with van der Waals surface area (Å²) in [6.45, 7) is 10.0. The molecule has 3 rings (SSSR count). The number of rotatable bonds is 6. The summed E-state index contributed by atoms with van der Waals surface area (Å²) in [4.78, 5) is 16.1. The van der Waals surface area contributed by atoms with Crippen molar-refractivity contribution in [3.05, 3.63) is 81.9 Å². The Balaban J connectivity index is 1.92. The lowest BCUT2D eigenvalue weighted by atomic mass is 10.0. The van der Waals surface area contributed by atoms with Gasteiger partial charge >= 0.3 is 5.97 Å². The van der Waals surface area contributed by atoms with Gasteiger partial charge in [0.15, 0.2) is 0 Å². The highest BCUT2D eigenvalue weighted by Crippen LogP contribution is 2.42. The van der Waals surface area contributed by atoms with Crippen molar-refractivity contribution in [1.82, 2.24) is 4.57 Å². The van der Waals surface area contributed by atoms with Crippen LogP contribution in [-0.4, -0.2) is 17.1 Å². The van der Waals surface area contributed by atoms with Crippen LogP contribution in [-0.2, 0) is 18.4 Å². The summed E-state index contributed by atoms with van der Waals surface area (Å²) in [5, 5.41) is 0. The molecule has 0 aliphatic rings. The lowest BCUT2D eigenvalue weighted by molar-refractivity contribution is 0.0516. The molecule has 28 heavy (non-hydrogen) atoms. The number of carbonyl (C=O) groups is 1. The SMILES string of the molecule is [C-]#[N+]c1c(-c2ccc(OCc3ccccc3)cc2)c(C(=O)OCC)n(C)c1Br. The van der Waals surface area contributed by atoms with Gasteiger partial charge in [-0.3, -0.25) is 0 Å². The lowest BCUT2D eigenvalue weighted by Gasteiger charge is -2.10. The highest BCUT2D eigenvalue weighted by Gasteiger charge is 2.26. The number of carbonyl (C=O) groups excluding carboxylic acids is 1. The fourth-order valence-corrected chi connectivity index (χ4v) is 3.38. The average Bonchev–Trinajstić information content (AvgIpc) is 2.98. The van der Waals surface area contributed by atoms with Gasteiger partial charge in [-0.25, -0.2) is 9.64 Å². The van der Waals surface area contributed by atoms with Crippen molar-refractivity contribution in [3.8, 4) is 16.9 Å². The lowest BCUT2D eigenvalue weighted by Crippen LogP contribution is -2.11. The van der Waals surface area contributed by atoms with Crippen molar-refractivity contribution < 1.29 is 14.3 Å². The van der Waals surface area contributed by atoms with Gasteiger partial charge < -0.3 is 14.0 Å². The summed E-state index contributed by atoms with van der Waals surface area (Å²) in [6.07, 6.45) is 0. The van der Waals surface area contributed by atoms with Gasteiger partial charge in [0.05, 0.1) is 17.8 Å². The Morgan fingerprint density at radius 2 is 1.82 bits per heavy atom. The van der Waals surface area contributed by atoms with E-state index in [9.17, 15) is 4.79 Å². The number of halogens is 1. The number of benzene rings is 2. The van der Waals surface area contributed by atoms with E-state index in [4.69, 9.17) is 16.0 Å². The standard InChI is InChI=1S/C22H19BrN2O3/c1-4-27-22(26)20-18(19(24-2)21(23)25(20)3)16-10-12-17(13-11-16)28-14-15-8-6-5-7-9-15/h5-13H,4,14H2,1,3H3. The fourth-order valence-electron chi connectivity index (χ4n) is 2.91. The molecule has 0 saturated carbocycles. The van der Waals surface area contributed by atoms with Crippen molar-refractivity contribution in [2.75, 3.05) is 6.61 Å². The summed E-state index contributed by atoms with van der Waals surface area (Å²) in [5.74, 6) is 0.254. The molecule has 0 spiro atoms. The van der Waals surface area contributed by atoms with Crippen LogP contribution < -0.4 is 4.74 Å². The van der Waals surface area contributed by atoms with Gasteiger partial charge in [0.25, 0.3) is 0 Å². The molecule has 0 fully saturated rings. The number of nitrogens with zero attached hydrogens (tertiary/aromatic N) is 2. The zero-order valence-corrected chi connectivity index (χ0v) is 17.2. The highest BCUT2D eigenvalue weighted by molar-refractivity contribution is 9.10. The molecule has 142 valence electrons. The van der Waals surface area contributed by atoms with E-state index in [2.05, 4.69) is 20.8 Å². The van der Waals surface area contributed by atoms with Gasteiger partial charge in [0.1, 0.15) is 18.1 Å². The molecule has 0 aliphatic carbocycles. The Hall–Kier alpha value is -3.04. The van der Waals surface area contributed by atoms with Crippen LogP contribution in [0.2, 0.25) is 0 Å². The normalized spacial score (nSPS) is 10.4. The Kier molecular flexibility index (Phi) is 6.17. The van der Waals surface area contributed by atoms with Crippen molar-refractivity contribution in [2.45, 2.75) is 13.5 Å². The molecule has 0 unspecified atom stereocenters. The molecule has 2 aromatic carbocycles. The Morgan fingerprint density at radius 3 is 2.43 bits per heavy atom. The fraction of sp³-hybridized carbons (Fsp3) is 0.182. The second-order valence-corrected chi connectivity index (χ2v) is 6.80. The first-order chi connectivity index (χ1) is 13.6. The molecular formula is C22H19BrN2O3. The largest absolute Gasteiger partial charge is 0.489 e. The molecular weight excluding hydrogens is 420 g/mol. The number of esters is 1. The van der Waals surface area contributed by atoms with E-state index in [1.807, 2.05) is 54.6 Å². The van der Waals surface area contributed by atoms with Crippen LogP contribution in [0.15, 0.2) is 59.2 Å². The van der Waals surface area contributed by atoms with Crippen LogP contribution >= 0.6 is 15.9 Å². The maximum atomic E-state index is 12.5. The molecule has 0 N–H and O–H groups in total. The average molecular weight is 439 g/mol. The zero-order valence-electron chi connectivity index (χ0n) is 15.6. The smallest absolute Gasteiger partial charge is 0.354 e. The van der Waals surface area contributed by atoms with Crippen molar-refractivity contribution in [1.29, 1.82) is 0 Å². The van der Waals surface area contributed by atoms with E-state index < -0.39 is 5.97 Å². The van der Waals surface area contributed by atoms with E-state index in [-0.39, 0.29) is 6.61 Å². The summed E-state index contributed by atoms with van der Waals surface area (Å²) in [5.41, 5.74) is 3.11. The van der Waals surface area contributed by atoms with Crippen molar-refractivity contribution in [3.63, 3.8) is 0 Å². The first kappa shape index (κ1) is 19.7. The molecule has 0 bridgehead atoms. The summed E-state index contributed by atoms with van der Waals surface area (Å²) >= 11 is 3.41. The maximum Gasteiger partial charge on any atom is 0.354 e. The maximum absolute atomic E-state index is 12.5. The molecule has 6 heteroatoms. The zero-order chi connectivity index (χ0) is 20.1. The first-order valence-corrected chi connectivity index (χ1v) is 9.56. The Morgan fingerprint density at radius 1 is 1.14 bits per heavy atom. The third-order valence-corrected chi connectivity index (χ3v) is 5.18. The van der Waals surface area contributed by atoms with E-state index >= 15 is 0 Å². The molecule has 1 aromatic heterocycles. The Bertz CT molecular complexity index is 1020. The van der Waals surface area contributed by atoms with E-state index in [1.165, 1.54) is 0 Å². The van der Waals surface area contributed by atoms with E-state index in [0.29, 0.717) is 33.9 Å². The minimum absolute atomic E-state index is 0.265. The number of aromatic nitrogens is 1. The van der Waals surface area contributed by atoms with Gasteiger partial charge in [-0.05, 0) is 46.1 Å². The Labute approximate surface area is 172 Å². The molecule has 5 nitrogen and oxygen atoms in total. The molecule has 0 radical (unpaired) electrons. The van der Waals surface area contributed by atoms with Crippen LogP contribution in [0.5, 0.6) is 5.75 Å². The summed E-state index contributed by atoms with van der Waals surface area (Å²) in [7, 11) is 1.73. The van der Waals surface area contributed by atoms with Gasteiger partial charge in [-0.1, -0.05) is 42.5 Å². The topological polar surface area (TPSA) is 44.8 Å². The molecule has 1 heterocycles. The number of hydrogen-bond acceptors (Lipinski definition) is 3. The molecule has 0 amide bonds. The predicted octanol–water partition coefficient (Wildman–Crippen LogP) is 5.76. The van der Waals surface area contributed by atoms with Crippen molar-refractivity contribution in [2.24, 2.45) is 7.05 Å². The van der Waals surface area contributed by atoms with Gasteiger partial charge in [0, 0.05) is 12.6 Å². The van der Waals surface area contributed by atoms with Gasteiger partial charge in [-0.2, -0.15) is 0 Å². The third kappa shape index (κ3) is 3.95. The van der Waals surface area contributed by atoms with E-state index in [1.54, 1.807) is 18.5 Å². The van der Waals surface area contributed by atoms with Gasteiger partial charge in [-0.15, -0.1) is 0 Å². The summed E-state index contributed by atoms with van der Waals surface area (Å²) < 4.78 is 13.2. The van der Waals surface area contributed by atoms with Gasteiger partial charge in [0.2, 0.25) is 5.69 Å². The van der Waals surface area contributed by atoms with Crippen LogP contribution in [0.1, 0.15) is 23.0 Å². The second-order valence-electron chi connectivity index (χ2n) is 6.05. The van der Waals surface area contributed by atoms with Crippen molar-refractivity contribution >= 4 is 27.6 Å². The van der Waals surface area contributed by atoms with Crippen LogP contribution in [0.4, 0.5) is 5.69 Å². The monoisotopic (exact) mass is 438 g/mol. The minimum Gasteiger partial charge on any atom is -0.489 e. The number of ether oxygens (including phenoxy) is 2. The molecule has 0 atom stereocenters. The highest BCUT2D eigenvalue weighted by atomic mass is 79.9. The first-order valence-electron chi connectivity index (χ1n) is 8.76. The third-order valence-electron chi connectivity index (χ3n) is 4.27. The van der Waals surface area contributed by atoms with Crippen LogP contribution in [0.3, 0.4) is 0 Å². The summed E-state index contributed by atoms with van der Waals surface area (Å²) in [6, 6.07) is 17.3.